The number of ether oxygens (including phenoxy) is 2. The molecule has 42 heavy (non-hydrogen) atoms. The van der Waals surface area contributed by atoms with Crippen LogP contribution >= 0.6 is 0 Å². The number of hydrogen-bond donors (Lipinski definition) is 1. The second-order valence-electron chi connectivity index (χ2n) is 10.8. The Morgan fingerprint density at radius 1 is 0.976 bits per heavy atom. The Balaban J connectivity index is 1.45. The molecule has 0 amide bonds. The SMILES string of the molecule is CC(C)CCOc1ccccc1-c1cc(Oc2ccc(N3CCN(C)CC3)cc2)nc(NS(=O)(=O)c2cnn(C)c2)n1. The van der Waals surface area contributed by atoms with Crippen molar-refractivity contribution < 1.29 is 17.9 Å². The molecule has 3 heterocycles. The highest BCUT2D eigenvalue weighted by Crippen LogP contribution is 2.33. The van der Waals surface area contributed by atoms with E-state index in [1.807, 2.05) is 48.5 Å². The molecule has 11 nitrogen and oxygen atoms in total. The van der Waals surface area contributed by atoms with E-state index in [0.717, 1.165) is 38.3 Å². The summed E-state index contributed by atoms with van der Waals surface area (Å²) in [5.74, 6) is 1.76. The van der Waals surface area contributed by atoms with Crippen LogP contribution < -0.4 is 19.1 Å². The van der Waals surface area contributed by atoms with Crippen LogP contribution in [0.2, 0.25) is 0 Å². The molecule has 2 aromatic carbocycles. The van der Waals surface area contributed by atoms with Crippen molar-refractivity contribution in [3.8, 4) is 28.6 Å². The lowest BCUT2D eigenvalue weighted by Crippen LogP contribution is -2.44. The average Bonchev–Trinajstić information content (AvgIpc) is 3.41. The monoisotopic (exact) mass is 591 g/mol. The van der Waals surface area contributed by atoms with Crippen LogP contribution in [0.25, 0.3) is 11.3 Å². The van der Waals surface area contributed by atoms with Gasteiger partial charge < -0.3 is 19.3 Å². The molecule has 0 spiro atoms. The average molecular weight is 592 g/mol. The van der Waals surface area contributed by atoms with Crippen LogP contribution in [0.4, 0.5) is 11.6 Å². The second-order valence-corrected chi connectivity index (χ2v) is 12.5. The molecule has 1 aliphatic heterocycles. The van der Waals surface area contributed by atoms with Crippen LogP contribution in [0.1, 0.15) is 20.3 Å². The van der Waals surface area contributed by atoms with Gasteiger partial charge in [0.1, 0.15) is 16.4 Å². The first kappa shape index (κ1) is 29.3. The molecule has 12 heteroatoms. The van der Waals surface area contributed by atoms with Crippen LogP contribution in [0.15, 0.2) is 71.9 Å². The normalized spacial score (nSPS) is 14.3. The fourth-order valence-electron chi connectivity index (χ4n) is 4.50. The van der Waals surface area contributed by atoms with Gasteiger partial charge in [0.2, 0.25) is 11.8 Å². The van der Waals surface area contributed by atoms with Gasteiger partial charge in [0.15, 0.2) is 0 Å². The number of nitrogens with zero attached hydrogens (tertiary/aromatic N) is 6. The number of anilines is 2. The highest BCUT2D eigenvalue weighted by Gasteiger charge is 2.21. The van der Waals surface area contributed by atoms with E-state index in [1.54, 1.807) is 13.1 Å². The molecule has 222 valence electrons. The summed E-state index contributed by atoms with van der Waals surface area (Å²) in [4.78, 5) is 13.6. The quantitative estimate of drug-likeness (QED) is 0.266. The summed E-state index contributed by atoms with van der Waals surface area (Å²) in [5, 5.41) is 3.97. The predicted octanol–water partition coefficient (Wildman–Crippen LogP) is 4.65. The van der Waals surface area contributed by atoms with Gasteiger partial charge in [-0.05, 0) is 55.8 Å². The summed E-state index contributed by atoms with van der Waals surface area (Å²) in [7, 11) is -0.214. The largest absolute Gasteiger partial charge is 0.493 e. The van der Waals surface area contributed by atoms with Crippen molar-refractivity contribution in [1.82, 2.24) is 24.6 Å². The molecule has 4 aromatic rings. The van der Waals surface area contributed by atoms with Gasteiger partial charge in [-0.25, -0.2) is 18.1 Å². The fourth-order valence-corrected chi connectivity index (χ4v) is 5.42. The molecule has 1 N–H and O–H groups in total. The molecule has 1 aliphatic rings. The number of nitrogens with one attached hydrogen (secondary N) is 1. The molecule has 0 saturated carbocycles. The van der Waals surface area contributed by atoms with Crippen LogP contribution in [-0.4, -0.2) is 72.9 Å². The zero-order valence-electron chi connectivity index (χ0n) is 24.4. The van der Waals surface area contributed by atoms with E-state index in [-0.39, 0.29) is 16.7 Å². The number of aromatic nitrogens is 4. The lowest BCUT2D eigenvalue weighted by atomic mass is 10.1. The number of rotatable bonds is 11. The number of piperazine rings is 1. The molecule has 0 unspecified atom stereocenters. The Kier molecular flexibility index (Phi) is 8.93. The van der Waals surface area contributed by atoms with E-state index >= 15 is 0 Å². The third-order valence-electron chi connectivity index (χ3n) is 6.96. The Bertz CT molecular complexity index is 1600. The Labute approximate surface area is 247 Å². The first-order valence-electron chi connectivity index (χ1n) is 14.0. The number of likely N-dealkylation sites (N-methyl/N-ethyl adjacent to an activating group) is 1. The van der Waals surface area contributed by atoms with Crippen molar-refractivity contribution in [2.75, 3.05) is 49.5 Å². The van der Waals surface area contributed by atoms with Crippen LogP contribution in [0, 0.1) is 5.92 Å². The van der Waals surface area contributed by atoms with E-state index in [0.29, 0.717) is 35.3 Å². The first-order valence-corrected chi connectivity index (χ1v) is 15.5. The smallest absolute Gasteiger partial charge is 0.267 e. The van der Waals surface area contributed by atoms with Crippen molar-refractivity contribution in [2.24, 2.45) is 13.0 Å². The lowest BCUT2D eigenvalue weighted by molar-refractivity contribution is 0.290. The van der Waals surface area contributed by atoms with E-state index in [1.165, 1.54) is 17.1 Å². The fraction of sp³-hybridized carbons (Fsp3) is 0.367. The van der Waals surface area contributed by atoms with Crippen LogP contribution in [-0.2, 0) is 17.1 Å². The van der Waals surface area contributed by atoms with Gasteiger partial charge in [-0.2, -0.15) is 10.1 Å². The van der Waals surface area contributed by atoms with Crippen molar-refractivity contribution in [2.45, 2.75) is 25.2 Å². The van der Waals surface area contributed by atoms with Crippen molar-refractivity contribution in [3.63, 3.8) is 0 Å². The van der Waals surface area contributed by atoms with E-state index in [9.17, 15) is 8.42 Å². The zero-order chi connectivity index (χ0) is 29.7. The summed E-state index contributed by atoms with van der Waals surface area (Å²) in [6.07, 6.45) is 3.57. The van der Waals surface area contributed by atoms with Crippen molar-refractivity contribution in [1.29, 1.82) is 0 Å². The van der Waals surface area contributed by atoms with Gasteiger partial charge in [-0.3, -0.25) is 4.68 Å². The molecular weight excluding hydrogens is 554 g/mol. The van der Waals surface area contributed by atoms with E-state index in [2.05, 4.69) is 50.5 Å². The van der Waals surface area contributed by atoms with Crippen LogP contribution in [0.5, 0.6) is 17.4 Å². The molecule has 2 aromatic heterocycles. The van der Waals surface area contributed by atoms with Crippen molar-refractivity contribution in [3.05, 3.63) is 67.0 Å². The minimum absolute atomic E-state index is 0.00149. The lowest BCUT2D eigenvalue weighted by Gasteiger charge is -2.34. The van der Waals surface area contributed by atoms with Gasteiger partial charge in [-0.15, -0.1) is 0 Å². The summed E-state index contributed by atoms with van der Waals surface area (Å²) in [6, 6.07) is 17.0. The summed E-state index contributed by atoms with van der Waals surface area (Å²) in [6.45, 7) is 8.79. The topological polar surface area (TPSA) is 115 Å². The number of sulfonamides is 1. The summed E-state index contributed by atoms with van der Waals surface area (Å²) >= 11 is 0. The Morgan fingerprint density at radius 3 is 2.40 bits per heavy atom. The molecule has 0 atom stereocenters. The standard InChI is InChI=1S/C30H37N7O4S/c1-22(2)13-18-40-28-8-6-5-7-26(28)27-19-29(33-30(32-27)34-42(38,39)25-20-31-36(4)21-25)41-24-11-9-23(10-12-24)37-16-14-35(3)15-17-37/h5-12,19-22H,13-18H2,1-4H3,(H,32,33,34). The third kappa shape index (κ3) is 7.37. The highest BCUT2D eigenvalue weighted by atomic mass is 32.2. The number of para-hydroxylation sites is 1. The molecule has 1 saturated heterocycles. The highest BCUT2D eigenvalue weighted by molar-refractivity contribution is 7.92. The van der Waals surface area contributed by atoms with E-state index < -0.39 is 10.0 Å². The molecule has 0 aliphatic carbocycles. The Morgan fingerprint density at radius 2 is 1.71 bits per heavy atom. The minimum atomic E-state index is -3.99. The molecule has 0 bridgehead atoms. The number of hydrogen-bond acceptors (Lipinski definition) is 9. The van der Waals surface area contributed by atoms with Gasteiger partial charge in [0.25, 0.3) is 10.0 Å². The maximum absolute atomic E-state index is 13.1. The number of benzene rings is 2. The molecular formula is C30H37N7O4S. The maximum Gasteiger partial charge on any atom is 0.267 e. The van der Waals surface area contributed by atoms with Gasteiger partial charge in [0, 0.05) is 56.7 Å². The third-order valence-corrected chi connectivity index (χ3v) is 8.25. The summed E-state index contributed by atoms with van der Waals surface area (Å²) in [5.41, 5.74) is 2.27. The van der Waals surface area contributed by atoms with E-state index in [4.69, 9.17) is 9.47 Å². The van der Waals surface area contributed by atoms with Gasteiger partial charge >= 0.3 is 0 Å². The Hall–Kier alpha value is -4.16. The molecule has 1 fully saturated rings. The second kappa shape index (κ2) is 12.8. The van der Waals surface area contributed by atoms with Gasteiger partial charge in [0.05, 0.1) is 18.5 Å². The molecule has 0 radical (unpaired) electrons. The maximum atomic E-state index is 13.1. The predicted molar refractivity (Wildman–Crippen MR) is 163 cm³/mol. The van der Waals surface area contributed by atoms with Crippen molar-refractivity contribution >= 4 is 21.7 Å². The van der Waals surface area contributed by atoms with Gasteiger partial charge in [-0.1, -0.05) is 26.0 Å². The first-order chi connectivity index (χ1) is 20.2. The van der Waals surface area contributed by atoms with Crippen LogP contribution in [0.3, 0.4) is 0 Å². The minimum Gasteiger partial charge on any atom is -0.493 e. The summed E-state index contributed by atoms with van der Waals surface area (Å²) < 4.78 is 42.3. The zero-order valence-corrected chi connectivity index (χ0v) is 25.2. The number of aryl methyl sites for hydroxylation is 1. The molecule has 5 rings (SSSR count).